The Morgan fingerprint density at radius 2 is 2.08 bits per heavy atom. The van der Waals surface area contributed by atoms with Gasteiger partial charge in [-0.2, -0.15) is 0 Å². The SMILES string of the molecule is CNC(=O)c1cccnc1NC[C@@H](O)CN1CCc2ccccc2C1. The Balaban J connectivity index is 1.54. The number of amides is 1. The fraction of sp³-hybridized carbons (Fsp3) is 0.368. The fourth-order valence-electron chi connectivity index (χ4n) is 3.15. The Morgan fingerprint density at radius 1 is 1.28 bits per heavy atom. The lowest BCUT2D eigenvalue weighted by Gasteiger charge is -2.30. The van der Waals surface area contributed by atoms with E-state index >= 15 is 0 Å². The van der Waals surface area contributed by atoms with E-state index in [0.29, 0.717) is 24.5 Å². The van der Waals surface area contributed by atoms with Crippen molar-refractivity contribution >= 4 is 11.7 Å². The summed E-state index contributed by atoms with van der Waals surface area (Å²) in [6.45, 7) is 2.74. The van der Waals surface area contributed by atoms with Crippen LogP contribution in [0.25, 0.3) is 0 Å². The molecule has 0 aliphatic carbocycles. The maximum Gasteiger partial charge on any atom is 0.254 e. The van der Waals surface area contributed by atoms with Gasteiger partial charge in [-0.05, 0) is 29.7 Å². The minimum absolute atomic E-state index is 0.197. The molecule has 1 aliphatic rings. The van der Waals surface area contributed by atoms with Crippen molar-refractivity contribution in [1.82, 2.24) is 15.2 Å². The molecule has 1 amide bonds. The highest BCUT2D eigenvalue weighted by Gasteiger charge is 2.19. The van der Waals surface area contributed by atoms with Crippen LogP contribution in [-0.4, -0.2) is 53.7 Å². The van der Waals surface area contributed by atoms with Gasteiger partial charge in [-0.3, -0.25) is 9.69 Å². The Morgan fingerprint density at radius 3 is 2.88 bits per heavy atom. The van der Waals surface area contributed by atoms with Gasteiger partial charge in [-0.25, -0.2) is 4.98 Å². The summed E-state index contributed by atoms with van der Waals surface area (Å²) in [7, 11) is 1.59. The highest BCUT2D eigenvalue weighted by Crippen LogP contribution is 2.18. The van der Waals surface area contributed by atoms with Gasteiger partial charge in [0.2, 0.25) is 0 Å². The van der Waals surface area contributed by atoms with Crippen LogP contribution in [-0.2, 0) is 13.0 Å². The Kier molecular flexibility index (Phi) is 5.63. The third-order valence-electron chi connectivity index (χ3n) is 4.46. The minimum Gasteiger partial charge on any atom is -0.390 e. The normalized spacial score (nSPS) is 15.3. The second-order valence-corrected chi connectivity index (χ2v) is 6.27. The van der Waals surface area contributed by atoms with Crippen molar-refractivity contribution in [1.29, 1.82) is 0 Å². The van der Waals surface area contributed by atoms with Crippen LogP contribution in [0.1, 0.15) is 21.5 Å². The van der Waals surface area contributed by atoms with Crippen molar-refractivity contribution in [2.45, 2.75) is 19.1 Å². The van der Waals surface area contributed by atoms with Crippen LogP contribution < -0.4 is 10.6 Å². The second kappa shape index (κ2) is 8.09. The first-order valence-corrected chi connectivity index (χ1v) is 8.55. The molecule has 0 radical (unpaired) electrons. The van der Waals surface area contributed by atoms with Crippen LogP contribution in [0, 0.1) is 0 Å². The predicted octanol–water partition coefficient (Wildman–Crippen LogP) is 1.27. The number of carbonyl (C=O) groups is 1. The molecule has 2 heterocycles. The molecule has 0 unspecified atom stereocenters. The molecule has 6 heteroatoms. The first kappa shape index (κ1) is 17.4. The van der Waals surface area contributed by atoms with Gasteiger partial charge >= 0.3 is 0 Å². The number of benzene rings is 1. The van der Waals surface area contributed by atoms with Crippen LogP contribution in [0.3, 0.4) is 0 Å². The molecule has 6 nitrogen and oxygen atoms in total. The predicted molar refractivity (Wildman–Crippen MR) is 97.5 cm³/mol. The maximum absolute atomic E-state index is 11.9. The second-order valence-electron chi connectivity index (χ2n) is 6.27. The van der Waals surface area contributed by atoms with Crippen LogP contribution >= 0.6 is 0 Å². The van der Waals surface area contributed by atoms with Crippen molar-refractivity contribution < 1.29 is 9.90 Å². The van der Waals surface area contributed by atoms with E-state index in [1.807, 2.05) is 0 Å². The van der Waals surface area contributed by atoms with Gasteiger partial charge in [0.05, 0.1) is 11.7 Å². The van der Waals surface area contributed by atoms with Gasteiger partial charge in [-0.15, -0.1) is 0 Å². The lowest BCUT2D eigenvalue weighted by Crippen LogP contribution is -2.39. The number of hydrogen-bond acceptors (Lipinski definition) is 5. The Bertz CT molecular complexity index is 735. The zero-order valence-corrected chi connectivity index (χ0v) is 14.4. The molecule has 0 spiro atoms. The zero-order chi connectivity index (χ0) is 17.6. The average molecular weight is 340 g/mol. The number of hydrogen-bond donors (Lipinski definition) is 3. The quantitative estimate of drug-likeness (QED) is 0.738. The van der Waals surface area contributed by atoms with Crippen molar-refractivity contribution in [3.05, 3.63) is 59.3 Å². The number of nitrogens with one attached hydrogen (secondary N) is 2. The highest BCUT2D eigenvalue weighted by atomic mass is 16.3. The summed E-state index contributed by atoms with van der Waals surface area (Å²) < 4.78 is 0. The Hall–Kier alpha value is -2.44. The summed E-state index contributed by atoms with van der Waals surface area (Å²) >= 11 is 0. The molecule has 3 N–H and O–H groups in total. The van der Waals surface area contributed by atoms with Gasteiger partial charge in [0.1, 0.15) is 5.82 Å². The van der Waals surface area contributed by atoms with E-state index in [4.69, 9.17) is 0 Å². The number of aliphatic hydroxyl groups is 1. The van der Waals surface area contributed by atoms with Crippen LogP contribution in [0.15, 0.2) is 42.6 Å². The van der Waals surface area contributed by atoms with Crippen LogP contribution in [0.4, 0.5) is 5.82 Å². The molecule has 3 rings (SSSR count). The van der Waals surface area contributed by atoms with Gasteiger partial charge < -0.3 is 15.7 Å². The molecule has 132 valence electrons. The number of aromatic nitrogens is 1. The highest BCUT2D eigenvalue weighted by molar-refractivity contribution is 5.98. The number of pyridine rings is 1. The summed E-state index contributed by atoms with van der Waals surface area (Å²) in [6.07, 6.45) is 2.10. The summed E-state index contributed by atoms with van der Waals surface area (Å²) in [5.74, 6) is 0.294. The third-order valence-corrected chi connectivity index (χ3v) is 4.46. The van der Waals surface area contributed by atoms with Gasteiger partial charge in [-0.1, -0.05) is 24.3 Å². The molecule has 0 saturated carbocycles. The van der Waals surface area contributed by atoms with E-state index in [1.165, 1.54) is 11.1 Å². The van der Waals surface area contributed by atoms with Crippen molar-refractivity contribution in [2.24, 2.45) is 0 Å². The minimum atomic E-state index is -0.537. The molecular weight excluding hydrogens is 316 g/mol. The molecular formula is C19H24N4O2. The van der Waals surface area contributed by atoms with Crippen LogP contribution in [0.2, 0.25) is 0 Å². The van der Waals surface area contributed by atoms with E-state index in [0.717, 1.165) is 19.5 Å². The first-order chi connectivity index (χ1) is 12.2. The summed E-state index contributed by atoms with van der Waals surface area (Å²) in [6, 6.07) is 11.9. The summed E-state index contributed by atoms with van der Waals surface area (Å²) in [4.78, 5) is 18.3. The van der Waals surface area contributed by atoms with E-state index in [-0.39, 0.29) is 5.91 Å². The number of anilines is 1. The van der Waals surface area contributed by atoms with Crippen molar-refractivity contribution in [3.8, 4) is 0 Å². The molecule has 1 atom stereocenters. The van der Waals surface area contributed by atoms with Crippen LogP contribution in [0.5, 0.6) is 0 Å². The lowest BCUT2D eigenvalue weighted by molar-refractivity contribution is 0.0962. The topological polar surface area (TPSA) is 77.5 Å². The monoisotopic (exact) mass is 340 g/mol. The molecule has 1 aliphatic heterocycles. The largest absolute Gasteiger partial charge is 0.390 e. The summed E-state index contributed by atoms with van der Waals surface area (Å²) in [5, 5.41) is 16.0. The molecule has 2 aromatic rings. The number of nitrogens with zero attached hydrogens (tertiary/aromatic N) is 2. The van der Waals surface area contributed by atoms with Gasteiger partial charge in [0.25, 0.3) is 5.91 Å². The smallest absolute Gasteiger partial charge is 0.254 e. The third kappa shape index (κ3) is 4.35. The standard InChI is InChI=1S/C19H24N4O2/c1-20-19(25)17-7-4-9-21-18(17)22-11-16(24)13-23-10-8-14-5-2-3-6-15(14)12-23/h2-7,9,16,24H,8,10-13H2,1H3,(H,20,25)(H,21,22)/t16-/m1/s1. The molecule has 0 fully saturated rings. The van der Waals surface area contributed by atoms with E-state index in [9.17, 15) is 9.90 Å². The van der Waals surface area contributed by atoms with Crippen molar-refractivity contribution in [3.63, 3.8) is 0 Å². The van der Waals surface area contributed by atoms with Gasteiger partial charge in [0.15, 0.2) is 0 Å². The number of aliphatic hydroxyl groups excluding tert-OH is 1. The maximum atomic E-state index is 11.9. The zero-order valence-electron chi connectivity index (χ0n) is 14.4. The number of fused-ring (bicyclic) bond motifs is 1. The van der Waals surface area contributed by atoms with Crippen molar-refractivity contribution in [2.75, 3.05) is 32.0 Å². The molecule has 25 heavy (non-hydrogen) atoms. The number of carbonyl (C=O) groups excluding carboxylic acids is 1. The molecule has 1 aromatic carbocycles. The molecule has 0 saturated heterocycles. The van der Waals surface area contributed by atoms with Gasteiger partial charge in [0, 0.05) is 39.4 Å². The molecule has 1 aromatic heterocycles. The van der Waals surface area contributed by atoms with E-state index in [1.54, 1.807) is 25.4 Å². The lowest BCUT2D eigenvalue weighted by atomic mass is 10.00. The van der Waals surface area contributed by atoms with E-state index in [2.05, 4.69) is 44.8 Å². The number of rotatable bonds is 6. The first-order valence-electron chi connectivity index (χ1n) is 8.55. The Labute approximate surface area is 147 Å². The number of β-amino-alcohol motifs (C(OH)–C–C–N with tert-alkyl or cyclic N) is 1. The van der Waals surface area contributed by atoms with E-state index < -0.39 is 6.10 Å². The fourth-order valence-corrected chi connectivity index (χ4v) is 3.15. The molecule has 0 bridgehead atoms. The summed E-state index contributed by atoms with van der Waals surface area (Å²) in [5.41, 5.74) is 3.21. The average Bonchev–Trinajstić information content (AvgIpc) is 2.66.